The molecule has 0 aliphatic carbocycles. The Labute approximate surface area is 141 Å². The number of aliphatic carboxylic acids is 1. The molecule has 8 heteroatoms. The van der Waals surface area contributed by atoms with Crippen LogP contribution >= 0.6 is 0 Å². The molecule has 0 aromatic rings. The van der Waals surface area contributed by atoms with E-state index in [2.05, 4.69) is 0 Å². The summed E-state index contributed by atoms with van der Waals surface area (Å²) in [5.74, 6) is -1.33. The van der Waals surface area contributed by atoms with Crippen LogP contribution < -0.4 is 5.73 Å². The molecule has 6 N–H and O–H groups in total. The Kier molecular flexibility index (Phi) is 11.3. The number of aliphatic hydroxyl groups excluding tert-OH is 3. The predicted molar refractivity (Wildman–Crippen MR) is 85.8 cm³/mol. The van der Waals surface area contributed by atoms with Crippen LogP contribution in [-0.2, 0) is 4.79 Å². The number of alkyl halides is 2. The number of hydrogen-bond donors (Lipinski definition) is 5. The summed E-state index contributed by atoms with van der Waals surface area (Å²) in [7, 11) is 0. The van der Waals surface area contributed by atoms with Gasteiger partial charge in [-0.2, -0.15) is 0 Å². The van der Waals surface area contributed by atoms with Crippen LogP contribution in [0.2, 0.25) is 0 Å². The lowest BCUT2D eigenvalue weighted by Crippen LogP contribution is -2.63. The van der Waals surface area contributed by atoms with E-state index in [4.69, 9.17) is 15.9 Å². The van der Waals surface area contributed by atoms with Gasteiger partial charge in [-0.25, -0.2) is 8.78 Å². The summed E-state index contributed by atoms with van der Waals surface area (Å²) in [6, 6.07) is 0. The second-order valence-corrected chi connectivity index (χ2v) is 6.58. The topological polar surface area (TPSA) is 124 Å². The minimum absolute atomic E-state index is 0.0606. The van der Waals surface area contributed by atoms with Crippen molar-refractivity contribution in [3.8, 4) is 0 Å². The van der Waals surface area contributed by atoms with E-state index >= 15 is 0 Å². The van der Waals surface area contributed by atoms with E-state index in [1.807, 2.05) is 6.92 Å². The van der Waals surface area contributed by atoms with Gasteiger partial charge in [0.25, 0.3) is 0 Å². The molecule has 0 saturated heterocycles. The van der Waals surface area contributed by atoms with Gasteiger partial charge in [0, 0.05) is 6.42 Å². The van der Waals surface area contributed by atoms with Crippen LogP contribution in [0.15, 0.2) is 0 Å². The Hall–Kier alpha value is -0.830. The molecular formula is C16H31F2NO5. The van der Waals surface area contributed by atoms with Crippen LogP contribution in [0.25, 0.3) is 0 Å². The average Bonchev–Trinajstić information content (AvgIpc) is 2.53. The van der Waals surface area contributed by atoms with Crippen molar-refractivity contribution in [2.75, 3.05) is 6.61 Å². The van der Waals surface area contributed by atoms with Gasteiger partial charge in [0.15, 0.2) is 5.54 Å². The molecule has 0 spiro atoms. The van der Waals surface area contributed by atoms with Gasteiger partial charge in [0.1, 0.15) is 6.10 Å². The number of halogens is 2. The van der Waals surface area contributed by atoms with E-state index in [0.717, 1.165) is 25.7 Å². The van der Waals surface area contributed by atoms with Gasteiger partial charge < -0.3 is 26.2 Å². The van der Waals surface area contributed by atoms with Crippen molar-refractivity contribution in [1.29, 1.82) is 0 Å². The molecule has 0 aromatic heterocycles. The van der Waals surface area contributed by atoms with Crippen molar-refractivity contribution in [1.82, 2.24) is 0 Å². The monoisotopic (exact) mass is 355 g/mol. The van der Waals surface area contributed by atoms with Gasteiger partial charge in [0.2, 0.25) is 6.43 Å². The zero-order chi connectivity index (χ0) is 18.8. The van der Waals surface area contributed by atoms with Crippen molar-refractivity contribution >= 4 is 5.97 Å². The Morgan fingerprint density at radius 3 is 2.04 bits per heavy atom. The van der Waals surface area contributed by atoms with Crippen LogP contribution in [0, 0.1) is 5.92 Å². The van der Waals surface area contributed by atoms with Crippen LogP contribution in [0.5, 0.6) is 0 Å². The average molecular weight is 355 g/mol. The fourth-order valence-corrected chi connectivity index (χ4v) is 2.53. The molecule has 0 aliphatic heterocycles. The predicted octanol–water partition coefficient (Wildman–Crippen LogP) is 1.50. The lowest BCUT2D eigenvalue weighted by Gasteiger charge is -2.31. The molecule has 0 amide bonds. The first-order valence-corrected chi connectivity index (χ1v) is 8.42. The fraction of sp³-hybridized carbons (Fsp3) is 0.938. The number of unbranched alkanes of at least 4 members (excludes halogenated alkanes) is 3. The molecule has 0 heterocycles. The Morgan fingerprint density at radius 1 is 1.04 bits per heavy atom. The Morgan fingerprint density at radius 2 is 1.58 bits per heavy atom. The third kappa shape index (κ3) is 8.32. The summed E-state index contributed by atoms with van der Waals surface area (Å²) in [6.07, 6.45) is -0.748. The van der Waals surface area contributed by atoms with Crippen LogP contribution in [0.1, 0.15) is 58.3 Å². The third-order valence-electron chi connectivity index (χ3n) is 4.38. The second kappa shape index (κ2) is 11.7. The van der Waals surface area contributed by atoms with Gasteiger partial charge >= 0.3 is 5.97 Å². The van der Waals surface area contributed by atoms with Crippen molar-refractivity contribution in [2.45, 2.75) is 82.5 Å². The number of nitrogens with two attached hydrogens (primary N) is 1. The van der Waals surface area contributed by atoms with Gasteiger partial charge in [-0.1, -0.05) is 32.6 Å². The van der Waals surface area contributed by atoms with E-state index in [-0.39, 0.29) is 18.8 Å². The largest absolute Gasteiger partial charge is 0.480 e. The van der Waals surface area contributed by atoms with Crippen molar-refractivity contribution in [3.05, 3.63) is 0 Å². The first kappa shape index (κ1) is 23.2. The van der Waals surface area contributed by atoms with Gasteiger partial charge in [0.05, 0.1) is 12.7 Å². The number of aliphatic hydroxyl groups is 3. The van der Waals surface area contributed by atoms with Crippen molar-refractivity contribution in [3.63, 3.8) is 0 Å². The zero-order valence-corrected chi connectivity index (χ0v) is 14.2. The normalized spacial score (nSPS) is 18.2. The number of rotatable bonds is 14. The second-order valence-electron chi connectivity index (χ2n) is 6.58. The number of carbonyl (C=O) groups is 1. The molecule has 0 fully saturated rings. The van der Waals surface area contributed by atoms with Crippen LogP contribution in [0.4, 0.5) is 8.78 Å². The van der Waals surface area contributed by atoms with Gasteiger partial charge in [-0.05, 0) is 25.2 Å². The maximum absolute atomic E-state index is 12.0. The molecule has 4 unspecified atom stereocenters. The zero-order valence-electron chi connectivity index (χ0n) is 14.2. The summed E-state index contributed by atoms with van der Waals surface area (Å²) in [5.41, 5.74) is 3.14. The molecule has 0 radical (unpaired) electrons. The minimum Gasteiger partial charge on any atom is -0.480 e. The quantitative estimate of drug-likeness (QED) is 0.301. The first-order valence-electron chi connectivity index (χ1n) is 8.42. The summed E-state index contributed by atoms with van der Waals surface area (Å²) in [5, 5.41) is 37.8. The molecule has 0 saturated carbocycles. The molecule has 24 heavy (non-hydrogen) atoms. The van der Waals surface area contributed by atoms with Gasteiger partial charge in [-0.3, -0.25) is 4.79 Å². The summed E-state index contributed by atoms with van der Waals surface area (Å²) in [6.45, 7) is 0.992. The Balaban J connectivity index is 4.00. The molecule has 6 nitrogen and oxygen atoms in total. The summed E-state index contributed by atoms with van der Waals surface area (Å²) < 4.78 is 23.9. The molecule has 4 atom stereocenters. The van der Waals surface area contributed by atoms with Crippen molar-refractivity contribution in [2.24, 2.45) is 11.7 Å². The standard InChI is InChI=1S/C16H31F2NO5/c1-11(6-4-2-3-5-7-13(17)18)8-9-12(21)14(22)16(19,10-20)15(23)24/h11-14,20-22H,2-10,19H2,1H3,(H,23,24). The molecular weight excluding hydrogens is 324 g/mol. The summed E-state index contributed by atoms with van der Waals surface area (Å²) in [4.78, 5) is 11.0. The van der Waals surface area contributed by atoms with Gasteiger partial charge in [-0.15, -0.1) is 0 Å². The van der Waals surface area contributed by atoms with E-state index in [1.54, 1.807) is 0 Å². The van der Waals surface area contributed by atoms with E-state index in [9.17, 15) is 23.8 Å². The molecule has 0 aliphatic rings. The number of carboxylic acids is 1. The van der Waals surface area contributed by atoms with E-state index in [0.29, 0.717) is 12.8 Å². The maximum atomic E-state index is 12.0. The Bertz CT molecular complexity index is 359. The van der Waals surface area contributed by atoms with Crippen molar-refractivity contribution < 1.29 is 34.0 Å². The van der Waals surface area contributed by atoms with E-state index < -0.39 is 36.7 Å². The molecule has 0 rings (SSSR count). The lowest BCUT2D eigenvalue weighted by atomic mass is 9.87. The van der Waals surface area contributed by atoms with Crippen LogP contribution in [0.3, 0.4) is 0 Å². The highest BCUT2D eigenvalue weighted by Crippen LogP contribution is 2.21. The SMILES string of the molecule is CC(CCCCCCC(F)F)CCC(O)C(O)C(N)(CO)C(=O)O. The third-order valence-corrected chi connectivity index (χ3v) is 4.38. The van der Waals surface area contributed by atoms with Crippen LogP contribution in [-0.4, -0.2) is 57.2 Å². The first-order chi connectivity index (χ1) is 11.1. The molecule has 0 aromatic carbocycles. The fourth-order valence-electron chi connectivity index (χ4n) is 2.53. The number of carboxylic acid groups (broad SMARTS) is 1. The molecule has 144 valence electrons. The maximum Gasteiger partial charge on any atom is 0.328 e. The highest BCUT2D eigenvalue weighted by Gasteiger charge is 2.44. The van der Waals surface area contributed by atoms with E-state index in [1.165, 1.54) is 0 Å². The smallest absolute Gasteiger partial charge is 0.328 e. The molecule has 0 bridgehead atoms. The summed E-state index contributed by atoms with van der Waals surface area (Å²) >= 11 is 0. The minimum atomic E-state index is -2.28. The lowest BCUT2D eigenvalue weighted by molar-refractivity contribution is -0.155. The highest BCUT2D eigenvalue weighted by molar-refractivity contribution is 5.79. The highest BCUT2D eigenvalue weighted by atomic mass is 19.3. The number of hydrogen-bond acceptors (Lipinski definition) is 5.